The van der Waals surface area contributed by atoms with E-state index in [2.05, 4.69) is 62.0 Å². The molecule has 0 bridgehead atoms. The van der Waals surface area contributed by atoms with Gasteiger partial charge in [-0.05, 0) is 65.4 Å². The molecule has 0 saturated carbocycles. The summed E-state index contributed by atoms with van der Waals surface area (Å²) >= 11 is 0. The molecule has 2 aromatic carbocycles. The summed E-state index contributed by atoms with van der Waals surface area (Å²) in [7, 11) is 0. The Kier molecular flexibility index (Phi) is 8.48. The third-order valence-electron chi connectivity index (χ3n) is 6.24. The SMILES string of the molecule is CCCCC(NC(=O)Cc1ccc(OCc2nnn[nH]2)cc1)c1ccccc1N1CCCCC1. The maximum atomic E-state index is 13.0. The van der Waals surface area contributed by atoms with E-state index in [1.54, 1.807) is 0 Å². The molecular formula is C26H34N6O2. The van der Waals surface area contributed by atoms with Gasteiger partial charge >= 0.3 is 0 Å². The minimum Gasteiger partial charge on any atom is -0.486 e. The molecule has 4 rings (SSSR count). The van der Waals surface area contributed by atoms with Crippen molar-refractivity contribution in [3.8, 4) is 5.75 Å². The summed E-state index contributed by atoms with van der Waals surface area (Å²) < 4.78 is 5.67. The zero-order chi connectivity index (χ0) is 23.6. The second-order valence-corrected chi connectivity index (χ2v) is 8.83. The highest BCUT2D eigenvalue weighted by atomic mass is 16.5. The molecule has 2 N–H and O–H groups in total. The van der Waals surface area contributed by atoms with Gasteiger partial charge in [-0.15, -0.1) is 5.10 Å². The Morgan fingerprint density at radius 3 is 2.65 bits per heavy atom. The van der Waals surface area contributed by atoms with Gasteiger partial charge in [0, 0.05) is 18.8 Å². The second kappa shape index (κ2) is 12.2. The van der Waals surface area contributed by atoms with Gasteiger partial charge in [0.25, 0.3) is 0 Å². The van der Waals surface area contributed by atoms with Gasteiger partial charge in [0.1, 0.15) is 12.4 Å². The molecular weight excluding hydrogens is 428 g/mol. The molecule has 1 fully saturated rings. The van der Waals surface area contributed by atoms with E-state index in [4.69, 9.17) is 4.74 Å². The first-order chi connectivity index (χ1) is 16.7. The number of piperidine rings is 1. The number of rotatable bonds is 11. The number of amides is 1. The standard InChI is InChI=1S/C26H34N6O2/c1-2-3-10-23(22-9-5-6-11-24(22)32-16-7-4-8-17-32)27-26(33)18-20-12-14-21(15-13-20)34-19-25-28-30-31-29-25/h5-6,9,11-15,23H,2-4,7-8,10,16-19H2,1H3,(H,27,33)(H,28,29,30,31). The number of unbranched alkanes of at least 4 members (excludes halogenated alkanes) is 1. The lowest BCUT2D eigenvalue weighted by atomic mass is 9.97. The van der Waals surface area contributed by atoms with Crippen LogP contribution in [0, 0.1) is 0 Å². The number of benzene rings is 2. The summed E-state index contributed by atoms with van der Waals surface area (Å²) in [5.41, 5.74) is 3.45. The van der Waals surface area contributed by atoms with E-state index in [-0.39, 0.29) is 18.6 Å². The van der Waals surface area contributed by atoms with Crippen molar-refractivity contribution in [1.82, 2.24) is 25.9 Å². The van der Waals surface area contributed by atoms with Gasteiger partial charge in [0.05, 0.1) is 12.5 Å². The van der Waals surface area contributed by atoms with E-state index in [9.17, 15) is 4.79 Å². The van der Waals surface area contributed by atoms with Crippen LogP contribution in [-0.2, 0) is 17.8 Å². The van der Waals surface area contributed by atoms with Gasteiger partial charge < -0.3 is 15.0 Å². The summed E-state index contributed by atoms with van der Waals surface area (Å²) in [5.74, 6) is 1.30. The predicted octanol–water partition coefficient (Wildman–Crippen LogP) is 4.36. The molecule has 3 aromatic rings. The zero-order valence-electron chi connectivity index (χ0n) is 19.9. The number of ether oxygens (including phenoxy) is 1. The van der Waals surface area contributed by atoms with Crippen molar-refractivity contribution in [2.24, 2.45) is 0 Å². The van der Waals surface area contributed by atoms with Crippen LogP contribution in [0.1, 0.15) is 68.4 Å². The maximum Gasteiger partial charge on any atom is 0.224 e. The first kappa shape index (κ1) is 23.7. The van der Waals surface area contributed by atoms with Crippen LogP contribution in [0.2, 0.25) is 0 Å². The molecule has 1 saturated heterocycles. The molecule has 8 heteroatoms. The number of carbonyl (C=O) groups is 1. The molecule has 1 aliphatic rings. The van der Waals surface area contributed by atoms with Crippen molar-refractivity contribution >= 4 is 11.6 Å². The van der Waals surface area contributed by atoms with Crippen LogP contribution in [0.25, 0.3) is 0 Å². The largest absolute Gasteiger partial charge is 0.486 e. The number of nitrogens with zero attached hydrogens (tertiary/aromatic N) is 4. The molecule has 1 atom stereocenters. The number of hydrogen-bond donors (Lipinski definition) is 2. The minimum atomic E-state index is 0.0173. The number of hydrogen-bond acceptors (Lipinski definition) is 6. The molecule has 1 amide bonds. The molecule has 8 nitrogen and oxygen atoms in total. The van der Waals surface area contributed by atoms with Gasteiger partial charge in [0.2, 0.25) is 5.91 Å². The molecule has 1 unspecified atom stereocenters. The van der Waals surface area contributed by atoms with Crippen molar-refractivity contribution in [3.05, 3.63) is 65.5 Å². The monoisotopic (exact) mass is 462 g/mol. The summed E-state index contributed by atoms with van der Waals surface area (Å²) in [6.07, 6.45) is 7.22. The fourth-order valence-electron chi connectivity index (χ4n) is 4.44. The fourth-order valence-corrected chi connectivity index (χ4v) is 4.44. The normalized spacial score (nSPS) is 14.6. The van der Waals surface area contributed by atoms with E-state index >= 15 is 0 Å². The van der Waals surface area contributed by atoms with E-state index in [1.165, 1.54) is 30.5 Å². The zero-order valence-corrected chi connectivity index (χ0v) is 19.9. The number of aromatic amines is 1. The Balaban J connectivity index is 1.39. The van der Waals surface area contributed by atoms with Crippen LogP contribution in [0.15, 0.2) is 48.5 Å². The summed E-state index contributed by atoms with van der Waals surface area (Å²) in [5, 5.41) is 16.9. The van der Waals surface area contributed by atoms with Crippen molar-refractivity contribution in [2.75, 3.05) is 18.0 Å². The molecule has 180 valence electrons. The van der Waals surface area contributed by atoms with Crippen molar-refractivity contribution in [2.45, 2.75) is 64.5 Å². The summed E-state index contributed by atoms with van der Waals surface area (Å²) in [4.78, 5) is 15.5. The third-order valence-corrected chi connectivity index (χ3v) is 6.24. The van der Waals surface area contributed by atoms with Crippen molar-refractivity contribution in [3.63, 3.8) is 0 Å². The highest BCUT2D eigenvalue weighted by molar-refractivity contribution is 5.79. The number of para-hydroxylation sites is 1. The van der Waals surface area contributed by atoms with Gasteiger partial charge in [0.15, 0.2) is 5.82 Å². The van der Waals surface area contributed by atoms with Gasteiger partial charge in [-0.25, -0.2) is 5.10 Å². The number of aromatic nitrogens is 4. The lowest BCUT2D eigenvalue weighted by molar-refractivity contribution is -0.121. The van der Waals surface area contributed by atoms with Gasteiger partial charge in [-0.1, -0.05) is 50.1 Å². The second-order valence-electron chi connectivity index (χ2n) is 8.83. The van der Waals surface area contributed by atoms with E-state index in [0.29, 0.717) is 18.0 Å². The van der Waals surface area contributed by atoms with Crippen molar-refractivity contribution in [1.29, 1.82) is 0 Å². The number of carbonyl (C=O) groups excluding carboxylic acids is 1. The van der Waals surface area contributed by atoms with Crippen LogP contribution in [-0.4, -0.2) is 39.6 Å². The first-order valence-electron chi connectivity index (χ1n) is 12.3. The van der Waals surface area contributed by atoms with Gasteiger partial charge in [-0.2, -0.15) is 0 Å². The van der Waals surface area contributed by atoms with Crippen LogP contribution >= 0.6 is 0 Å². The smallest absolute Gasteiger partial charge is 0.224 e. The number of nitrogens with one attached hydrogen (secondary N) is 2. The van der Waals surface area contributed by atoms with Crippen LogP contribution in [0.3, 0.4) is 0 Å². The highest BCUT2D eigenvalue weighted by Crippen LogP contribution is 2.31. The van der Waals surface area contributed by atoms with E-state index in [0.717, 1.165) is 37.9 Å². The minimum absolute atomic E-state index is 0.0173. The Labute approximate surface area is 201 Å². The van der Waals surface area contributed by atoms with E-state index in [1.807, 2.05) is 24.3 Å². The summed E-state index contributed by atoms with van der Waals surface area (Å²) in [6, 6.07) is 16.2. The molecule has 2 heterocycles. The van der Waals surface area contributed by atoms with Gasteiger partial charge in [-0.3, -0.25) is 4.79 Å². The number of tetrazole rings is 1. The molecule has 0 radical (unpaired) electrons. The average Bonchev–Trinajstić information content (AvgIpc) is 3.40. The first-order valence-corrected chi connectivity index (χ1v) is 12.3. The van der Waals surface area contributed by atoms with Crippen LogP contribution in [0.5, 0.6) is 5.75 Å². The molecule has 0 aliphatic carbocycles. The fraction of sp³-hybridized carbons (Fsp3) is 0.462. The molecule has 0 spiro atoms. The predicted molar refractivity (Wildman–Crippen MR) is 132 cm³/mol. The Hall–Kier alpha value is -3.42. The lowest BCUT2D eigenvalue weighted by Crippen LogP contribution is -2.34. The maximum absolute atomic E-state index is 13.0. The van der Waals surface area contributed by atoms with E-state index < -0.39 is 0 Å². The highest BCUT2D eigenvalue weighted by Gasteiger charge is 2.21. The lowest BCUT2D eigenvalue weighted by Gasteiger charge is -2.33. The molecule has 34 heavy (non-hydrogen) atoms. The Bertz CT molecular complexity index is 1020. The Morgan fingerprint density at radius 2 is 1.91 bits per heavy atom. The Morgan fingerprint density at radius 1 is 1.12 bits per heavy atom. The van der Waals surface area contributed by atoms with Crippen molar-refractivity contribution < 1.29 is 9.53 Å². The molecule has 1 aromatic heterocycles. The molecule has 1 aliphatic heterocycles. The summed E-state index contributed by atoms with van der Waals surface area (Å²) in [6.45, 7) is 4.64. The van der Waals surface area contributed by atoms with Crippen LogP contribution in [0.4, 0.5) is 5.69 Å². The third kappa shape index (κ3) is 6.56. The average molecular weight is 463 g/mol. The number of anilines is 1. The topological polar surface area (TPSA) is 96.0 Å². The van der Waals surface area contributed by atoms with Crippen LogP contribution < -0.4 is 15.0 Å². The quantitative estimate of drug-likeness (QED) is 0.440. The number of H-pyrrole nitrogens is 1.